The molecule has 0 fully saturated rings. The zero-order valence-corrected chi connectivity index (χ0v) is 14.4. The molecule has 0 spiro atoms. The van der Waals surface area contributed by atoms with Crippen LogP contribution in [0.15, 0.2) is 57.7 Å². The molecule has 0 aliphatic rings. The lowest BCUT2D eigenvalue weighted by molar-refractivity contribution is -0.121. The van der Waals surface area contributed by atoms with Crippen LogP contribution in [0.1, 0.15) is 5.76 Å². The summed E-state index contributed by atoms with van der Waals surface area (Å²) in [5.74, 6) is 0.532. The number of carbonyl (C=O) groups excluding carboxylic acids is 2. The van der Waals surface area contributed by atoms with Crippen molar-refractivity contribution < 1.29 is 23.5 Å². The Morgan fingerprint density at radius 3 is 2.56 bits per heavy atom. The molecular formula is C19H16N2O6. The zero-order chi connectivity index (χ0) is 19.4. The first-order chi connectivity index (χ1) is 12.9. The quantitative estimate of drug-likeness (QED) is 0.714. The summed E-state index contributed by atoms with van der Waals surface area (Å²) >= 11 is 0. The SMILES string of the molecule is Cc1oc2cc(OCC(=O)NC(N)=O)ccc2c(=O)c1Oc1ccccc1. The van der Waals surface area contributed by atoms with E-state index in [1.165, 1.54) is 18.2 Å². The number of nitrogens with two attached hydrogens (primary N) is 1. The van der Waals surface area contributed by atoms with Crippen molar-refractivity contribution in [3.8, 4) is 17.2 Å². The number of carbonyl (C=O) groups is 2. The second kappa shape index (κ2) is 7.61. The van der Waals surface area contributed by atoms with Gasteiger partial charge in [-0.3, -0.25) is 14.9 Å². The third-order valence-corrected chi connectivity index (χ3v) is 3.58. The fraction of sp³-hybridized carbons (Fsp3) is 0.105. The number of amides is 3. The van der Waals surface area contributed by atoms with Crippen molar-refractivity contribution in [2.24, 2.45) is 5.73 Å². The molecule has 3 amide bonds. The van der Waals surface area contributed by atoms with E-state index < -0.39 is 18.5 Å². The van der Waals surface area contributed by atoms with Gasteiger partial charge in [0.1, 0.15) is 22.8 Å². The van der Waals surface area contributed by atoms with Gasteiger partial charge in [0, 0.05) is 6.07 Å². The summed E-state index contributed by atoms with van der Waals surface area (Å²) in [5.41, 5.74) is 4.81. The lowest BCUT2D eigenvalue weighted by Crippen LogP contribution is -2.38. The molecule has 0 aliphatic heterocycles. The van der Waals surface area contributed by atoms with Crippen molar-refractivity contribution >= 4 is 22.9 Å². The molecule has 0 atom stereocenters. The second-order valence-electron chi connectivity index (χ2n) is 5.59. The highest BCUT2D eigenvalue weighted by Crippen LogP contribution is 2.27. The Kier molecular flexibility index (Phi) is 5.07. The summed E-state index contributed by atoms with van der Waals surface area (Å²) in [5, 5.41) is 2.19. The van der Waals surface area contributed by atoms with Crippen LogP contribution in [0.5, 0.6) is 17.2 Å². The summed E-state index contributed by atoms with van der Waals surface area (Å²) in [6, 6.07) is 12.4. The minimum absolute atomic E-state index is 0.100. The fourth-order valence-electron chi connectivity index (χ4n) is 2.40. The maximum Gasteiger partial charge on any atom is 0.318 e. The summed E-state index contributed by atoms with van der Waals surface area (Å²) in [4.78, 5) is 34.7. The smallest absolute Gasteiger partial charge is 0.318 e. The Morgan fingerprint density at radius 1 is 1.11 bits per heavy atom. The van der Waals surface area contributed by atoms with Gasteiger partial charge in [-0.05, 0) is 31.2 Å². The molecule has 1 aromatic heterocycles. The lowest BCUT2D eigenvalue weighted by Gasteiger charge is -2.10. The highest BCUT2D eigenvalue weighted by molar-refractivity contribution is 5.94. The van der Waals surface area contributed by atoms with E-state index in [1.54, 1.807) is 31.2 Å². The number of ether oxygens (including phenoxy) is 2. The molecule has 0 bridgehead atoms. The molecule has 3 aromatic rings. The Labute approximate surface area is 153 Å². The number of primary amides is 1. The van der Waals surface area contributed by atoms with Gasteiger partial charge in [-0.25, -0.2) is 4.79 Å². The van der Waals surface area contributed by atoms with Gasteiger partial charge in [0.05, 0.1) is 5.39 Å². The van der Waals surface area contributed by atoms with Gasteiger partial charge in [0.15, 0.2) is 6.61 Å². The van der Waals surface area contributed by atoms with Crippen molar-refractivity contribution in [2.45, 2.75) is 6.92 Å². The summed E-state index contributed by atoms with van der Waals surface area (Å²) in [7, 11) is 0. The molecule has 1 heterocycles. The number of aryl methyl sites for hydroxylation is 1. The number of rotatable bonds is 5. The Balaban J connectivity index is 1.86. The first-order valence-electron chi connectivity index (χ1n) is 7.96. The molecule has 0 radical (unpaired) electrons. The monoisotopic (exact) mass is 368 g/mol. The van der Waals surface area contributed by atoms with Crippen LogP contribution < -0.4 is 26.0 Å². The van der Waals surface area contributed by atoms with Gasteiger partial charge < -0.3 is 19.6 Å². The molecule has 3 N–H and O–H groups in total. The van der Waals surface area contributed by atoms with Crippen LogP contribution >= 0.6 is 0 Å². The number of fused-ring (bicyclic) bond motifs is 1. The minimum Gasteiger partial charge on any atom is -0.484 e. The fourth-order valence-corrected chi connectivity index (χ4v) is 2.40. The lowest BCUT2D eigenvalue weighted by atomic mass is 10.2. The van der Waals surface area contributed by atoms with Crippen LogP contribution in [0, 0.1) is 6.92 Å². The minimum atomic E-state index is -0.963. The number of hydrogen-bond donors (Lipinski definition) is 2. The number of urea groups is 1. The highest BCUT2D eigenvalue weighted by Gasteiger charge is 2.15. The Hall–Kier alpha value is -3.81. The summed E-state index contributed by atoms with van der Waals surface area (Å²) in [6.07, 6.45) is 0. The molecule has 0 saturated carbocycles. The van der Waals surface area contributed by atoms with Crippen molar-refractivity contribution in [1.82, 2.24) is 5.32 Å². The van der Waals surface area contributed by atoms with Crippen LogP contribution in [0.25, 0.3) is 11.0 Å². The van der Waals surface area contributed by atoms with E-state index in [2.05, 4.69) is 0 Å². The molecule has 27 heavy (non-hydrogen) atoms. The van der Waals surface area contributed by atoms with E-state index in [4.69, 9.17) is 19.6 Å². The topological polar surface area (TPSA) is 121 Å². The molecule has 0 aliphatic carbocycles. The number of nitrogens with one attached hydrogen (secondary N) is 1. The van der Waals surface area contributed by atoms with Gasteiger partial charge in [-0.15, -0.1) is 0 Å². The zero-order valence-electron chi connectivity index (χ0n) is 14.4. The van der Waals surface area contributed by atoms with E-state index in [1.807, 2.05) is 11.4 Å². The van der Waals surface area contributed by atoms with Gasteiger partial charge in [0.2, 0.25) is 11.2 Å². The number of hydrogen-bond acceptors (Lipinski definition) is 6. The van der Waals surface area contributed by atoms with Crippen molar-refractivity contribution in [3.05, 3.63) is 64.5 Å². The standard InChI is InChI=1S/C19H16N2O6/c1-11-18(27-12-5-3-2-4-6-12)17(23)14-8-7-13(9-15(14)26-11)25-10-16(22)21-19(20)24/h2-9H,10H2,1H3,(H3,20,21,22,24). The number of imide groups is 1. The van der Waals surface area contributed by atoms with E-state index >= 15 is 0 Å². The van der Waals surface area contributed by atoms with Crippen molar-refractivity contribution in [1.29, 1.82) is 0 Å². The van der Waals surface area contributed by atoms with Crippen LogP contribution in [-0.2, 0) is 4.79 Å². The third-order valence-electron chi connectivity index (χ3n) is 3.58. The van der Waals surface area contributed by atoms with Gasteiger partial charge in [-0.1, -0.05) is 18.2 Å². The molecule has 0 saturated heterocycles. The third kappa shape index (κ3) is 4.24. The number of benzene rings is 2. The normalized spacial score (nSPS) is 10.4. The van der Waals surface area contributed by atoms with E-state index in [9.17, 15) is 14.4 Å². The molecule has 0 unspecified atom stereocenters. The molecule has 3 rings (SSSR count). The number of para-hydroxylation sites is 1. The van der Waals surface area contributed by atoms with Crippen LogP contribution in [0.4, 0.5) is 4.79 Å². The van der Waals surface area contributed by atoms with Crippen LogP contribution in [0.2, 0.25) is 0 Å². The molecule has 8 heteroatoms. The molecule has 138 valence electrons. The van der Waals surface area contributed by atoms with Crippen molar-refractivity contribution in [3.63, 3.8) is 0 Å². The first kappa shape index (κ1) is 18.0. The highest BCUT2D eigenvalue weighted by atomic mass is 16.5. The molecule has 2 aromatic carbocycles. The predicted molar refractivity (Wildman–Crippen MR) is 97.0 cm³/mol. The molecule has 8 nitrogen and oxygen atoms in total. The Morgan fingerprint density at radius 2 is 1.85 bits per heavy atom. The maximum absolute atomic E-state index is 12.7. The predicted octanol–water partition coefficient (Wildman–Crippen LogP) is 2.47. The molecular weight excluding hydrogens is 352 g/mol. The van der Waals surface area contributed by atoms with Gasteiger partial charge >= 0.3 is 6.03 Å². The van der Waals surface area contributed by atoms with Crippen LogP contribution in [0.3, 0.4) is 0 Å². The van der Waals surface area contributed by atoms with Gasteiger partial charge in [0.25, 0.3) is 5.91 Å². The van der Waals surface area contributed by atoms with E-state index in [-0.39, 0.29) is 16.8 Å². The Bertz CT molecular complexity index is 1060. The largest absolute Gasteiger partial charge is 0.484 e. The van der Waals surface area contributed by atoms with Crippen molar-refractivity contribution in [2.75, 3.05) is 6.61 Å². The summed E-state index contributed by atoms with van der Waals surface area (Å²) in [6.45, 7) is 1.21. The first-order valence-corrected chi connectivity index (χ1v) is 7.96. The second-order valence-corrected chi connectivity index (χ2v) is 5.59. The van der Waals surface area contributed by atoms with Crippen LogP contribution in [-0.4, -0.2) is 18.5 Å². The van der Waals surface area contributed by atoms with Gasteiger partial charge in [-0.2, -0.15) is 0 Å². The van der Waals surface area contributed by atoms with E-state index in [0.717, 1.165) is 0 Å². The average Bonchev–Trinajstić information content (AvgIpc) is 2.63. The van der Waals surface area contributed by atoms with E-state index in [0.29, 0.717) is 22.6 Å². The summed E-state index contributed by atoms with van der Waals surface area (Å²) < 4.78 is 16.6. The average molecular weight is 368 g/mol. The maximum atomic E-state index is 12.7.